The van der Waals surface area contributed by atoms with E-state index in [2.05, 4.69) is 10.2 Å². The lowest BCUT2D eigenvalue weighted by Crippen LogP contribution is -2.03. The lowest BCUT2D eigenvalue weighted by atomic mass is 10.2. The van der Waals surface area contributed by atoms with Gasteiger partial charge in [0.15, 0.2) is 10.9 Å². The van der Waals surface area contributed by atoms with Gasteiger partial charge in [0.1, 0.15) is 0 Å². The second-order valence-corrected chi connectivity index (χ2v) is 4.55. The van der Waals surface area contributed by atoms with Crippen molar-refractivity contribution >= 4 is 46.3 Å². The largest absolute Gasteiger partial charge is 0.494 e. The average molecular weight is 292 g/mol. The average Bonchev–Trinajstić information content (AvgIpc) is 2.28. The molecular weight excluding hydrogens is 281 g/mol. The van der Waals surface area contributed by atoms with E-state index in [1.165, 1.54) is 25.1 Å². The molecule has 0 fully saturated rings. The molecule has 0 aromatic heterocycles. The molecule has 1 aromatic rings. The quantitative estimate of drug-likeness (QED) is 0.529. The third kappa shape index (κ3) is 4.11. The summed E-state index contributed by atoms with van der Waals surface area (Å²) in [6, 6.07) is 3.36. The normalized spacial score (nSPS) is 12.1. The summed E-state index contributed by atoms with van der Waals surface area (Å²) in [5.74, 6) is 0.442. The van der Waals surface area contributed by atoms with Crippen molar-refractivity contribution in [1.29, 1.82) is 0 Å². The predicted octanol–water partition coefficient (Wildman–Crippen LogP) is 3.01. The molecule has 4 nitrogen and oxygen atoms in total. The van der Waals surface area contributed by atoms with Crippen molar-refractivity contribution in [1.82, 2.24) is 0 Å². The maximum Gasteiger partial charge on any atom is 0.180 e. The topological polar surface area (TPSA) is 60.0 Å². The number of halogens is 2. The molecule has 92 valence electrons. The van der Waals surface area contributed by atoms with E-state index < -0.39 is 0 Å². The third-order valence-electron chi connectivity index (χ3n) is 1.80. The van der Waals surface area contributed by atoms with Gasteiger partial charge in [-0.05, 0) is 24.0 Å². The fourth-order valence-corrected chi connectivity index (χ4v) is 1.83. The maximum absolute atomic E-state index is 5.97. The highest BCUT2D eigenvalue weighted by molar-refractivity contribution is 8.13. The molecule has 0 heterocycles. The van der Waals surface area contributed by atoms with E-state index >= 15 is 0 Å². The summed E-state index contributed by atoms with van der Waals surface area (Å²) in [5.41, 5.74) is 6.19. The number of ether oxygens (including phenoxy) is 1. The maximum atomic E-state index is 5.97. The van der Waals surface area contributed by atoms with Gasteiger partial charge < -0.3 is 10.5 Å². The Labute approximate surface area is 114 Å². The first-order chi connectivity index (χ1) is 8.08. The Morgan fingerprint density at radius 2 is 2.00 bits per heavy atom. The van der Waals surface area contributed by atoms with Crippen molar-refractivity contribution in [2.45, 2.75) is 0 Å². The summed E-state index contributed by atoms with van der Waals surface area (Å²) >= 11 is 13.2. The minimum absolute atomic E-state index is 0.381. The van der Waals surface area contributed by atoms with Gasteiger partial charge in [-0.15, -0.1) is 5.10 Å². The molecule has 0 spiro atoms. The van der Waals surface area contributed by atoms with E-state index in [1.54, 1.807) is 12.1 Å². The van der Waals surface area contributed by atoms with E-state index in [0.29, 0.717) is 21.0 Å². The minimum atomic E-state index is 0.381. The third-order valence-corrected chi connectivity index (χ3v) is 2.86. The van der Waals surface area contributed by atoms with E-state index in [4.69, 9.17) is 33.7 Å². The standard InChI is InChI=1S/C10H11Cl2N3OS/c1-16-9-7(11)3-6(4-8(9)12)5-14-15-10(13)17-2/h3-5H,1-2H3,(H2,13,15)/b14-5-. The lowest BCUT2D eigenvalue weighted by molar-refractivity contribution is 0.415. The highest BCUT2D eigenvalue weighted by Gasteiger charge is 2.07. The zero-order valence-corrected chi connectivity index (χ0v) is 11.6. The number of nitrogens with zero attached hydrogens (tertiary/aromatic N) is 2. The van der Waals surface area contributed by atoms with Crippen LogP contribution < -0.4 is 10.5 Å². The van der Waals surface area contributed by atoms with Gasteiger partial charge in [-0.3, -0.25) is 0 Å². The number of hydrogen-bond acceptors (Lipinski definition) is 4. The molecule has 7 heteroatoms. The molecule has 2 N–H and O–H groups in total. The molecule has 1 rings (SSSR count). The second kappa shape index (κ2) is 6.74. The zero-order chi connectivity index (χ0) is 12.8. The molecule has 0 aliphatic rings. The Bertz CT molecular complexity index is 440. The number of hydrogen-bond donors (Lipinski definition) is 1. The van der Waals surface area contributed by atoms with Crippen LogP contribution in [-0.2, 0) is 0 Å². The molecule has 0 radical (unpaired) electrons. The SMILES string of the molecule is COc1c(Cl)cc(/C=N\N=C(/N)SC)cc1Cl. The number of rotatable bonds is 3. The van der Waals surface area contributed by atoms with Gasteiger partial charge in [0.25, 0.3) is 0 Å². The first kappa shape index (κ1) is 14.2. The monoisotopic (exact) mass is 291 g/mol. The van der Waals surface area contributed by atoms with Crippen LogP contribution >= 0.6 is 35.0 Å². The van der Waals surface area contributed by atoms with E-state index in [1.807, 2.05) is 6.26 Å². The number of benzene rings is 1. The van der Waals surface area contributed by atoms with Crippen molar-refractivity contribution in [2.75, 3.05) is 13.4 Å². The van der Waals surface area contributed by atoms with Crippen molar-refractivity contribution in [3.8, 4) is 5.75 Å². The van der Waals surface area contributed by atoms with Crippen molar-refractivity contribution < 1.29 is 4.74 Å². The Morgan fingerprint density at radius 3 is 2.47 bits per heavy atom. The van der Waals surface area contributed by atoms with Gasteiger partial charge in [0, 0.05) is 0 Å². The first-order valence-corrected chi connectivity index (χ1v) is 6.50. The minimum Gasteiger partial charge on any atom is -0.494 e. The van der Waals surface area contributed by atoms with E-state index in [-0.39, 0.29) is 0 Å². The van der Waals surface area contributed by atoms with Gasteiger partial charge in [0.05, 0.1) is 23.4 Å². The molecule has 0 amide bonds. The van der Waals surface area contributed by atoms with E-state index in [9.17, 15) is 0 Å². The first-order valence-electron chi connectivity index (χ1n) is 4.52. The predicted molar refractivity (Wildman–Crippen MR) is 75.7 cm³/mol. The molecule has 0 aliphatic carbocycles. The highest BCUT2D eigenvalue weighted by atomic mass is 35.5. The Hall–Kier alpha value is -0.910. The fraction of sp³-hybridized carbons (Fsp3) is 0.200. The Morgan fingerprint density at radius 1 is 1.41 bits per heavy atom. The summed E-state index contributed by atoms with van der Waals surface area (Å²) in [5, 5.41) is 8.78. The molecule has 0 saturated heterocycles. The van der Waals surface area contributed by atoms with Crippen LogP contribution in [0.4, 0.5) is 0 Å². The number of thioether (sulfide) groups is 1. The van der Waals surface area contributed by atoms with Crippen LogP contribution in [-0.4, -0.2) is 24.7 Å². The number of amidine groups is 1. The number of nitrogens with two attached hydrogens (primary N) is 1. The zero-order valence-electron chi connectivity index (χ0n) is 9.28. The summed E-state index contributed by atoms with van der Waals surface area (Å²) in [6.45, 7) is 0. The summed E-state index contributed by atoms with van der Waals surface area (Å²) < 4.78 is 5.03. The van der Waals surface area contributed by atoms with Crippen molar-refractivity contribution in [3.05, 3.63) is 27.7 Å². The Balaban J connectivity index is 2.94. The van der Waals surface area contributed by atoms with Crippen LogP contribution in [0.3, 0.4) is 0 Å². The van der Waals surface area contributed by atoms with Gasteiger partial charge >= 0.3 is 0 Å². The molecule has 1 aromatic carbocycles. The highest BCUT2D eigenvalue weighted by Crippen LogP contribution is 2.33. The van der Waals surface area contributed by atoms with Crippen LogP contribution in [0.2, 0.25) is 10.0 Å². The fourth-order valence-electron chi connectivity index (χ4n) is 1.04. The molecule has 0 unspecified atom stereocenters. The van der Waals surface area contributed by atoms with E-state index in [0.717, 1.165) is 5.56 Å². The van der Waals surface area contributed by atoms with Gasteiger partial charge in [-0.2, -0.15) is 5.10 Å². The van der Waals surface area contributed by atoms with Crippen molar-refractivity contribution in [2.24, 2.45) is 15.9 Å². The van der Waals surface area contributed by atoms with Gasteiger partial charge in [-0.25, -0.2) is 0 Å². The summed E-state index contributed by atoms with van der Waals surface area (Å²) in [7, 11) is 1.50. The Kier molecular flexibility index (Phi) is 5.61. The van der Waals surface area contributed by atoms with Crippen LogP contribution in [0.1, 0.15) is 5.56 Å². The smallest absolute Gasteiger partial charge is 0.180 e. The van der Waals surface area contributed by atoms with Crippen LogP contribution in [0.25, 0.3) is 0 Å². The molecule has 0 aliphatic heterocycles. The van der Waals surface area contributed by atoms with Gasteiger partial charge in [0.2, 0.25) is 0 Å². The summed E-state index contributed by atoms with van der Waals surface area (Å²) in [4.78, 5) is 0. The molecule has 17 heavy (non-hydrogen) atoms. The van der Waals surface area contributed by atoms with Crippen LogP contribution in [0, 0.1) is 0 Å². The molecule has 0 saturated carbocycles. The van der Waals surface area contributed by atoms with Crippen LogP contribution in [0.5, 0.6) is 5.75 Å². The van der Waals surface area contributed by atoms with Gasteiger partial charge in [-0.1, -0.05) is 35.0 Å². The molecule has 0 bridgehead atoms. The number of methoxy groups -OCH3 is 1. The molecular formula is C10H11Cl2N3OS. The summed E-state index contributed by atoms with van der Waals surface area (Å²) in [6.07, 6.45) is 3.33. The molecule has 0 atom stereocenters. The van der Waals surface area contributed by atoms with Crippen LogP contribution in [0.15, 0.2) is 22.3 Å². The second-order valence-electron chi connectivity index (χ2n) is 2.90. The lowest BCUT2D eigenvalue weighted by Gasteiger charge is -2.05. The van der Waals surface area contributed by atoms with Crippen molar-refractivity contribution in [3.63, 3.8) is 0 Å².